The predicted octanol–water partition coefficient (Wildman–Crippen LogP) is 4.03. The number of anilines is 2. The molecular weight excluding hydrogens is 400 g/mol. The Bertz CT molecular complexity index is 944. The highest BCUT2D eigenvalue weighted by molar-refractivity contribution is 7.92. The number of benzene rings is 2. The molecule has 0 saturated heterocycles. The topological polar surface area (TPSA) is 66.5 Å². The van der Waals surface area contributed by atoms with E-state index >= 15 is 0 Å². The fourth-order valence-electron chi connectivity index (χ4n) is 2.65. The molecule has 0 heterocycles. The van der Waals surface area contributed by atoms with Crippen LogP contribution >= 0.6 is 0 Å². The summed E-state index contributed by atoms with van der Waals surface area (Å²) in [6, 6.07) is 7.27. The van der Waals surface area contributed by atoms with Gasteiger partial charge in [0.25, 0.3) is 0 Å². The second-order valence-electron chi connectivity index (χ2n) is 6.03. The molecule has 1 N–H and O–H groups in total. The van der Waals surface area contributed by atoms with Crippen molar-refractivity contribution in [3.05, 3.63) is 59.9 Å². The Morgan fingerprint density at radius 3 is 2.25 bits per heavy atom. The summed E-state index contributed by atoms with van der Waals surface area (Å²) in [6.45, 7) is 1.55. The first-order valence-corrected chi connectivity index (χ1v) is 10.0. The summed E-state index contributed by atoms with van der Waals surface area (Å²) < 4.78 is 77.0. The number of nitrogens with one attached hydrogen (secondary N) is 1. The molecule has 1 atom stereocenters. The third kappa shape index (κ3) is 5.22. The minimum Gasteiger partial charge on any atom is -0.324 e. The number of hydrogen-bond acceptors (Lipinski definition) is 3. The fraction of sp³-hybridized carbons (Fsp3) is 0.278. The van der Waals surface area contributed by atoms with Crippen LogP contribution in [0, 0.1) is 5.82 Å². The molecule has 28 heavy (non-hydrogen) atoms. The maximum absolute atomic E-state index is 13.2. The van der Waals surface area contributed by atoms with Crippen molar-refractivity contribution in [3.63, 3.8) is 0 Å². The van der Waals surface area contributed by atoms with Gasteiger partial charge in [-0.25, -0.2) is 12.8 Å². The van der Waals surface area contributed by atoms with E-state index in [2.05, 4.69) is 5.32 Å². The fourth-order valence-corrected chi connectivity index (χ4v) is 3.86. The lowest BCUT2D eigenvalue weighted by Gasteiger charge is -2.30. The van der Waals surface area contributed by atoms with Gasteiger partial charge >= 0.3 is 6.18 Å². The molecule has 152 valence electrons. The van der Waals surface area contributed by atoms with E-state index in [0.717, 1.165) is 40.9 Å². The molecular formula is C18H18F4N2O3S. The zero-order chi connectivity index (χ0) is 21.1. The monoisotopic (exact) mass is 418 g/mol. The van der Waals surface area contributed by atoms with Crippen molar-refractivity contribution < 1.29 is 30.8 Å². The smallest absolute Gasteiger partial charge is 0.324 e. The van der Waals surface area contributed by atoms with E-state index in [1.807, 2.05) is 0 Å². The summed E-state index contributed by atoms with van der Waals surface area (Å²) in [5, 5.41) is 2.32. The zero-order valence-corrected chi connectivity index (χ0v) is 15.8. The molecule has 0 saturated carbocycles. The van der Waals surface area contributed by atoms with Crippen molar-refractivity contribution in [3.8, 4) is 0 Å². The molecule has 2 aromatic rings. The third-order valence-corrected chi connectivity index (χ3v) is 5.05. The van der Waals surface area contributed by atoms with Gasteiger partial charge in [-0.15, -0.1) is 0 Å². The van der Waals surface area contributed by atoms with E-state index in [9.17, 15) is 30.8 Å². The van der Waals surface area contributed by atoms with Gasteiger partial charge < -0.3 is 5.32 Å². The molecule has 0 bridgehead atoms. The highest BCUT2D eigenvalue weighted by Crippen LogP contribution is 2.31. The molecule has 1 amide bonds. The van der Waals surface area contributed by atoms with Gasteiger partial charge in [0.15, 0.2) is 0 Å². The van der Waals surface area contributed by atoms with E-state index in [4.69, 9.17) is 0 Å². The second kappa shape index (κ2) is 8.17. The second-order valence-corrected chi connectivity index (χ2v) is 7.89. The van der Waals surface area contributed by atoms with E-state index < -0.39 is 39.5 Å². The maximum Gasteiger partial charge on any atom is 0.416 e. The Morgan fingerprint density at radius 1 is 1.14 bits per heavy atom. The van der Waals surface area contributed by atoms with Crippen molar-refractivity contribution in [2.75, 3.05) is 15.9 Å². The summed E-state index contributed by atoms with van der Waals surface area (Å²) in [6.07, 6.45) is -3.66. The van der Waals surface area contributed by atoms with Crippen LogP contribution in [0.25, 0.3) is 0 Å². The van der Waals surface area contributed by atoms with Crippen LogP contribution in [0.3, 0.4) is 0 Å². The number of nitrogens with zero attached hydrogens (tertiary/aromatic N) is 1. The first-order chi connectivity index (χ1) is 12.9. The van der Waals surface area contributed by atoms with Gasteiger partial charge in [0.2, 0.25) is 15.9 Å². The molecule has 0 aliphatic heterocycles. The number of sulfonamides is 1. The molecule has 2 aromatic carbocycles. The third-order valence-electron chi connectivity index (χ3n) is 3.87. The summed E-state index contributed by atoms with van der Waals surface area (Å²) >= 11 is 0. The molecule has 0 aromatic heterocycles. The lowest BCUT2D eigenvalue weighted by molar-refractivity contribution is -0.137. The Hall–Kier alpha value is -2.62. The minimum atomic E-state index is -4.59. The molecule has 0 radical (unpaired) electrons. The zero-order valence-electron chi connectivity index (χ0n) is 15.0. The Kier molecular flexibility index (Phi) is 6.33. The van der Waals surface area contributed by atoms with E-state index in [-0.39, 0.29) is 17.8 Å². The molecule has 5 nitrogen and oxygen atoms in total. The Morgan fingerprint density at radius 2 is 1.75 bits per heavy atom. The average Bonchev–Trinajstić information content (AvgIpc) is 2.59. The van der Waals surface area contributed by atoms with Gasteiger partial charge in [-0.3, -0.25) is 9.10 Å². The Balaban J connectivity index is 2.36. The SMILES string of the molecule is CCC(C(=O)Nc1cccc(C(F)(F)F)c1)N(c1ccc(F)cc1)S(C)(=O)=O. The van der Waals surface area contributed by atoms with Crippen molar-refractivity contribution in [2.45, 2.75) is 25.6 Å². The minimum absolute atomic E-state index is 0.0369. The van der Waals surface area contributed by atoms with Gasteiger partial charge in [-0.2, -0.15) is 13.2 Å². The lowest BCUT2D eigenvalue weighted by atomic mass is 10.1. The molecule has 0 spiro atoms. The number of rotatable bonds is 6. The van der Waals surface area contributed by atoms with Crippen molar-refractivity contribution in [1.29, 1.82) is 0 Å². The number of carbonyl (C=O) groups excluding carboxylic acids is 1. The highest BCUT2D eigenvalue weighted by Gasteiger charge is 2.33. The molecule has 0 aliphatic rings. The van der Waals surface area contributed by atoms with Gasteiger partial charge in [0, 0.05) is 5.69 Å². The largest absolute Gasteiger partial charge is 0.416 e. The number of hydrogen-bond donors (Lipinski definition) is 1. The molecule has 0 fully saturated rings. The van der Waals surface area contributed by atoms with Crippen LogP contribution in [0.5, 0.6) is 0 Å². The van der Waals surface area contributed by atoms with E-state index in [1.165, 1.54) is 18.2 Å². The van der Waals surface area contributed by atoms with Crippen LogP contribution < -0.4 is 9.62 Å². The number of alkyl halides is 3. The van der Waals surface area contributed by atoms with E-state index in [1.54, 1.807) is 6.92 Å². The van der Waals surface area contributed by atoms with Crippen molar-refractivity contribution >= 4 is 27.3 Å². The normalized spacial score (nSPS) is 13.1. The van der Waals surface area contributed by atoms with Gasteiger partial charge in [-0.1, -0.05) is 13.0 Å². The first-order valence-electron chi connectivity index (χ1n) is 8.16. The maximum atomic E-state index is 13.2. The van der Waals surface area contributed by atoms with Gasteiger partial charge in [-0.05, 0) is 48.9 Å². The summed E-state index contributed by atoms with van der Waals surface area (Å²) in [7, 11) is -3.94. The highest BCUT2D eigenvalue weighted by atomic mass is 32.2. The quantitative estimate of drug-likeness (QED) is 0.721. The van der Waals surface area contributed by atoms with Crippen LogP contribution in [-0.2, 0) is 21.0 Å². The number of amides is 1. The van der Waals surface area contributed by atoms with Crippen LogP contribution in [0.15, 0.2) is 48.5 Å². The first kappa shape index (κ1) is 21.7. The van der Waals surface area contributed by atoms with Crippen molar-refractivity contribution in [1.82, 2.24) is 0 Å². The summed E-state index contributed by atoms with van der Waals surface area (Å²) in [5.74, 6) is -1.39. The van der Waals surface area contributed by atoms with Crippen LogP contribution in [0.4, 0.5) is 28.9 Å². The number of halogens is 4. The Labute approximate surface area is 160 Å². The van der Waals surface area contributed by atoms with Crippen molar-refractivity contribution in [2.24, 2.45) is 0 Å². The predicted molar refractivity (Wildman–Crippen MR) is 97.9 cm³/mol. The summed E-state index contributed by atoms with van der Waals surface area (Å²) in [4.78, 5) is 12.7. The van der Waals surface area contributed by atoms with E-state index in [0.29, 0.717) is 0 Å². The lowest BCUT2D eigenvalue weighted by Crippen LogP contribution is -2.47. The van der Waals surface area contributed by atoms with Crippen LogP contribution in [0.2, 0.25) is 0 Å². The average molecular weight is 418 g/mol. The van der Waals surface area contributed by atoms with Gasteiger partial charge in [0.1, 0.15) is 11.9 Å². The molecule has 10 heteroatoms. The molecule has 1 unspecified atom stereocenters. The van der Waals surface area contributed by atoms with Crippen LogP contribution in [-0.4, -0.2) is 26.6 Å². The summed E-state index contributed by atoms with van der Waals surface area (Å²) in [5.41, 5.74) is -1.00. The number of carbonyl (C=O) groups is 1. The van der Waals surface area contributed by atoms with Crippen LogP contribution in [0.1, 0.15) is 18.9 Å². The van der Waals surface area contributed by atoms with Gasteiger partial charge in [0.05, 0.1) is 17.5 Å². The molecule has 2 rings (SSSR count). The standard InChI is InChI=1S/C18H18F4N2O3S/c1-3-16(24(28(2,26)27)15-9-7-13(19)8-10-15)17(25)23-14-6-4-5-12(11-14)18(20,21)22/h4-11,16H,3H2,1-2H3,(H,23,25). The molecule has 0 aliphatic carbocycles.